The van der Waals surface area contributed by atoms with Crippen LogP contribution < -0.4 is 10.6 Å². The van der Waals surface area contributed by atoms with Gasteiger partial charge in [-0.15, -0.1) is 0 Å². The minimum atomic E-state index is 0.0989. The summed E-state index contributed by atoms with van der Waals surface area (Å²) in [4.78, 5) is 11.9. The van der Waals surface area contributed by atoms with Crippen LogP contribution in [0.5, 0.6) is 0 Å². The van der Waals surface area contributed by atoms with Crippen molar-refractivity contribution in [1.82, 2.24) is 15.1 Å². The molecule has 1 aliphatic rings. The molecule has 0 atom stereocenters. The molecule has 2 rings (SSSR count). The summed E-state index contributed by atoms with van der Waals surface area (Å²) in [6.07, 6.45) is 7.58. The lowest BCUT2D eigenvalue weighted by Crippen LogP contribution is -2.28. The second-order valence-corrected chi connectivity index (χ2v) is 5.58. The summed E-state index contributed by atoms with van der Waals surface area (Å²) in [6, 6.07) is 0.320. The van der Waals surface area contributed by atoms with Crippen LogP contribution >= 0.6 is 0 Å². The molecule has 0 spiro atoms. The molecule has 1 aromatic heterocycles. The van der Waals surface area contributed by atoms with Gasteiger partial charge >= 0.3 is 0 Å². The maximum Gasteiger partial charge on any atom is 0.224 e. The zero-order valence-electron chi connectivity index (χ0n) is 11.9. The summed E-state index contributed by atoms with van der Waals surface area (Å²) in [5.41, 5.74) is 0.795. The molecule has 0 radical (unpaired) electrons. The Hall–Kier alpha value is -1.36. The van der Waals surface area contributed by atoms with Crippen molar-refractivity contribution in [2.45, 2.75) is 45.6 Å². The number of nitrogens with one attached hydrogen (secondary N) is 2. The third-order valence-corrected chi connectivity index (χ3v) is 3.65. The predicted molar refractivity (Wildman–Crippen MR) is 76.1 cm³/mol. The van der Waals surface area contributed by atoms with E-state index in [4.69, 9.17) is 0 Å². The summed E-state index contributed by atoms with van der Waals surface area (Å²) in [6.45, 7) is 6.31. The van der Waals surface area contributed by atoms with Crippen LogP contribution in [0.25, 0.3) is 0 Å². The van der Waals surface area contributed by atoms with Crippen molar-refractivity contribution in [3.05, 3.63) is 12.4 Å². The maximum atomic E-state index is 11.9. The molecule has 1 amide bonds. The number of anilines is 1. The highest BCUT2D eigenvalue weighted by atomic mass is 16.1. The SMILES string of the molecule is CC(C)n1cc(NC(=O)CCC2CCNCC2)cn1. The molecule has 1 saturated heterocycles. The summed E-state index contributed by atoms with van der Waals surface area (Å²) in [7, 11) is 0. The largest absolute Gasteiger partial charge is 0.323 e. The van der Waals surface area contributed by atoms with Crippen LogP contribution in [0.15, 0.2) is 12.4 Å². The van der Waals surface area contributed by atoms with Crippen molar-refractivity contribution >= 4 is 11.6 Å². The van der Waals surface area contributed by atoms with Gasteiger partial charge in [0.25, 0.3) is 0 Å². The van der Waals surface area contributed by atoms with Gasteiger partial charge in [0.05, 0.1) is 11.9 Å². The van der Waals surface area contributed by atoms with Crippen LogP contribution in [0.3, 0.4) is 0 Å². The number of amides is 1. The molecule has 2 heterocycles. The van der Waals surface area contributed by atoms with Gasteiger partial charge in [0.2, 0.25) is 5.91 Å². The topological polar surface area (TPSA) is 59.0 Å². The molecule has 5 nitrogen and oxygen atoms in total. The first-order valence-electron chi connectivity index (χ1n) is 7.20. The lowest BCUT2D eigenvalue weighted by atomic mass is 9.93. The monoisotopic (exact) mass is 264 g/mol. The highest BCUT2D eigenvalue weighted by Gasteiger charge is 2.14. The fourth-order valence-corrected chi connectivity index (χ4v) is 2.41. The van der Waals surface area contributed by atoms with Crippen LogP contribution in [-0.4, -0.2) is 28.8 Å². The Kier molecular flexibility index (Phi) is 4.96. The lowest BCUT2D eigenvalue weighted by Gasteiger charge is -2.22. The molecule has 5 heteroatoms. The molecule has 1 aromatic rings. The Morgan fingerprint density at radius 3 is 2.89 bits per heavy atom. The first-order chi connectivity index (χ1) is 9.15. The average Bonchev–Trinajstić information content (AvgIpc) is 2.86. The van der Waals surface area contributed by atoms with Crippen molar-refractivity contribution in [3.8, 4) is 0 Å². The Bertz CT molecular complexity index is 407. The number of nitrogens with zero attached hydrogens (tertiary/aromatic N) is 2. The number of carbonyl (C=O) groups is 1. The van der Waals surface area contributed by atoms with Crippen molar-refractivity contribution < 1.29 is 4.79 Å². The molecule has 0 bridgehead atoms. The zero-order chi connectivity index (χ0) is 13.7. The number of piperidine rings is 1. The molecule has 1 fully saturated rings. The third-order valence-electron chi connectivity index (χ3n) is 3.65. The standard InChI is InChI=1S/C14H24N4O/c1-11(2)18-10-13(9-16-18)17-14(19)4-3-12-5-7-15-8-6-12/h9-12,15H,3-8H2,1-2H3,(H,17,19). The number of hydrogen-bond donors (Lipinski definition) is 2. The van der Waals surface area contributed by atoms with Gasteiger partial charge < -0.3 is 10.6 Å². The first kappa shape index (κ1) is 14.1. The van der Waals surface area contributed by atoms with Crippen LogP contribution in [0.4, 0.5) is 5.69 Å². The summed E-state index contributed by atoms with van der Waals surface area (Å²) in [5, 5.41) is 10.5. The van der Waals surface area contributed by atoms with E-state index in [-0.39, 0.29) is 5.91 Å². The van der Waals surface area contributed by atoms with Crippen molar-refractivity contribution in [1.29, 1.82) is 0 Å². The van der Waals surface area contributed by atoms with E-state index in [0.717, 1.165) is 25.2 Å². The fraction of sp³-hybridized carbons (Fsp3) is 0.714. The van der Waals surface area contributed by atoms with Gasteiger partial charge in [0.15, 0.2) is 0 Å². The molecule has 0 saturated carbocycles. The molecule has 2 N–H and O–H groups in total. The predicted octanol–water partition coefficient (Wildman–Crippen LogP) is 2.18. The number of hydrogen-bond acceptors (Lipinski definition) is 3. The Balaban J connectivity index is 1.73. The van der Waals surface area contributed by atoms with Gasteiger partial charge in [0.1, 0.15) is 0 Å². The summed E-state index contributed by atoms with van der Waals surface area (Å²) in [5.74, 6) is 0.798. The molecule has 19 heavy (non-hydrogen) atoms. The molecule has 0 aliphatic carbocycles. The zero-order valence-corrected chi connectivity index (χ0v) is 11.9. The normalized spacial score (nSPS) is 16.8. The number of aromatic nitrogens is 2. The van der Waals surface area contributed by atoms with Gasteiger partial charge in [-0.25, -0.2) is 0 Å². The number of rotatable bonds is 5. The van der Waals surface area contributed by atoms with Crippen LogP contribution in [0.1, 0.15) is 45.6 Å². The van der Waals surface area contributed by atoms with E-state index < -0.39 is 0 Å². The Morgan fingerprint density at radius 2 is 2.26 bits per heavy atom. The second kappa shape index (κ2) is 6.70. The molecular formula is C14H24N4O. The van der Waals surface area contributed by atoms with E-state index in [9.17, 15) is 4.79 Å². The van der Waals surface area contributed by atoms with Crippen LogP contribution in [-0.2, 0) is 4.79 Å². The Morgan fingerprint density at radius 1 is 1.53 bits per heavy atom. The minimum absolute atomic E-state index is 0.0989. The highest BCUT2D eigenvalue weighted by molar-refractivity contribution is 5.90. The smallest absolute Gasteiger partial charge is 0.224 e. The van der Waals surface area contributed by atoms with E-state index in [1.54, 1.807) is 6.20 Å². The van der Waals surface area contributed by atoms with Gasteiger partial charge in [0, 0.05) is 18.7 Å². The quantitative estimate of drug-likeness (QED) is 0.857. The number of carbonyl (C=O) groups excluding carboxylic acids is 1. The second-order valence-electron chi connectivity index (χ2n) is 5.58. The Labute approximate surface area is 114 Å². The van der Waals surface area contributed by atoms with Gasteiger partial charge in [-0.2, -0.15) is 5.10 Å². The van der Waals surface area contributed by atoms with Gasteiger partial charge in [-0.1, -0.05) is 0 Å². The molecule has 106 valence electrons. The van der Waals surface area contributed by atoms with Crippen molar-refractivity contribution in [3.63, 3.8) is 0 Å². The van der Waals surface area contributed by atoms with E-state index in [2.05, 4.69) is 29.6 Å². The van der Waals surface area contributed by atoms with Crippen LogP contribution in [0, 0.1) is 5.92 Å². The highest BCUT2D eigenvalue weighted by Crippen LogP contribution is 2.18. The molecule has 1 aliphatic heterocycles. The van der Waals surface area contributed by atoms with E-state index in [0.29, 0.717) is 18.4 Å². The average molecular weight is 264 g/mol. The maximum absolute atomic E-state index is 11.9. The summed E-state index contributed by atoms with van der Waals surface area (Å²) >= 11 is 0. The summed E-state index contributed by atoms with van der Waals surface area (Å²) < 4.78 is 1.85. The minimum Gasteiger partial charge on any atom is -0.323 e. The van der Waals surface area contributed by atoms with Crippen molar-refractivity contribution in [2.75, 3.05) is 18.4 Å². The molecule has 0 aromatic carbocycles. The van der Waals surface area contributed by atoms with E-state index in [1.165, 1.54) is 12.8 Å². The fourth-order valence-electron chi connectivity index (χ4n) is 2.41. The molecule has 0 unspecified atom stereocenters. The van der Waals surface area contributed by atoms with Crippen LogP contribution in [0.2, 0.25) is 0 Å². The lowest BCUT2D eigenvalue weighted by molar-refractivity contribution is -0.116. The first-order valence-corrected chi connectivity index (χ1v) is 7.20. The van der Waals surface area contributed by atoms with Crippen molar-refractivity contribution in [2.24, 2.45) is 5.92 Å². The third kappa shape index (κ3) is 4.35. The van der Waals surface area contributed by atoms with Gasteiger partial charge in [-0.05, 0) is 52.1 Å². The van der Waals surface area contributed by atoms with E-state index in [1.807, 2.05) is 10.9 Å². The van der Waals surface area contributed by atoms with Gasteiger partial charge in [-0.3, -0.25) is 9.48 Å². The van der Waals surface area contributed by atoms with E-state index >= 15 is 0 Å². The molecular weight excluding hydrogens is 240 g/mol.